The summed E-state index contributed by atoms with van der Waals surface area (Å²) in [6.45, 7) is 8.36. The van der Waals surface area contributed by atoms with Crippen LogP contribution in [0.2, 0.25) is 0 Å². The molecule has 0 amide bonds. The zero-order valence-corrected chi connectivity index (χ0v) is 13.4. The van der Waals surface area contributed by atoms with E-state index in [4.69, 9.17) is 4.98 Å². The molecule has 3 nitrogen and oxygen atoms in total. The Kier molecular flexibility index (Phi) is 3.17. The van der Waals surface area contributed by atoms with Crippen LogP contribution in [0, 0.1) is 5.92 Å². The Balaban J connectivity index is 1.73. The Morgan fingerprint density at radius 3 is 3.05 bits per heavy atom. The van der Waals surface area contributed by atoms with E-state index in [-0.39, 0.29) is 5.54 Å². The van der Waals surface area contributed by atoms with Crippen LogP contribution < -0.4 is 5.32 Å². The van der Waals surface area contributed by atoms with E-state index in [0.29, 0.717) is 6.04 Å². The Morgan fingerprint density at radius 2 is 2.25 bits per heavy atom. The number of hydrogen-bond acceptors (Lipinski definition) is 4. The number of thiazole rings is 1. The first kappa shape index (κ1) is 13.2. The topological polar surface area (TPSA) is 28.2 Å². The summed E-state index contributed by atoms with van der Waals surface area (Å²) in [6, 6.07) is 0.529. The molecule has 3 unspecified atom stereocenters. The summed E-state index contributed by atoms with van der Waals surface area (Å²) in [4.78, 5) is 9.30. The minimum atomic E-state index is 0.163. The molecule has 4 rings (SSSR count). The van der Waals surface area contributed by atoms with Crippen molar-refractivity contribution in [2.45, 2.75) is 57.5 Å². The van der Waals surface area contributed by atoms with Crippen LogP contribution in [0.3, 0.4) is 0 Å². The maximum atomic E-state index is 5.09. The molecule has 3 aliphatic rings. The van der Waals surface area contributed by atoms with Crippen molar-refractivity contribution >= 4 is 11.3 Å². The molecule has 20 heavy (non-hydrogen) atoms. The lowest BCUT2D eigenvalue weighted by Gasteiger charge is -2.43. The first-order valence-corrected chi connectivity index (χ1v) is 8.98. The molecule has 110 valence electrons. The van der Waals surface area contributed by atoms with Gasteiger partial charge in [-0.05, 0) is 58.4 Å². The fourth-order valence-electron chi connectivity index (χ4n) is 4.41. The highest BCUT2D eigenvalue weighted by Crippen LogP contribution is 2.46. The minimum Gasteiger partial charge on any atom is -0.303 e. The summed E-state index contributed by atoms with van der Waals surface area (Å²) < 4.78 is 0. The number of piperidine rings is 1. The van der Waals surface area contributed by atoms with E-state index in [1.165, 1.54) is 62.4 Å². The molecular weight excluding hydrogens is 266 g/mol. The largest absolute Gasteiger partial charge is 0.303 e. The molecule has 1 aromatic rings. The van der Waals surface area contributed by atoms with Gasteiger partial charge in [0.1, 0.15) is 5.01 Å². The van der Waals surface area contributed by atoms with Gasteiger partial charge >= 0.3 is 0 Å². The zero-order valence-electron chi connectivity index (χ0n) is 12.6. The monoisotopic (exact) mass is 291 g/mol. The van der Waals surface area contributed by atoms with Crippen LogP contribution in [-0.2, 0) is 18.4 Å². The van der Waals surface area contributed by atoms with Crippen molar-refractivity contribution in [3.63, 3.8) is 0 Å². The second-order valence-corrected chi connectivity index (χ2v) is 8.13. The van der Waals surface area contributed by atoms with Crippen molar-refractivity contribution in [2.75, 3.05) is 19.6 Å². The molecule has 2 aliphatic heterocycles. The first-order valence-electron chi connectivity index (χ1n) is 8.16. The molecule has 2 saturated heterocycles. The SMILES string of the molecule is CC(C)NC1(c2nc3c(s2)CCC3)CCN2CCC1C2. The molecule has 0 aromatic carbocycles. The molecule has 0 radical (unpaired) electrons. The van der Waals surface area contributed by atoms with Crippen molar-refractivity contribution < 1.29 is 0 Å². The second-order valence-electron chi connectivity index (χ2n) is 7.05. The average Bonchev–Trinajstić information content (AvgIpc) is 3.08. The standard InChI is InChI=1S/C16H25N3S/c1-11(2)18-16(7-9-19-8-6-12(16)10-19)15-17-13-4-3-5-14(13)20-15/h11-12,18H,3-10H2,1-2H3. The second kappa shape index (κ2) is 4.79. The third-order valence-corrected chi connectivity index (χ3v) is 6.65. The van der Waals surface area contributed by atoms with Crippen LogP contribution in [0.15, 0.2) is 0 Å². The van der Waals surface area contributed by atoms with Crippen molar-refractivity contribution in [2.24, 2.45) is 5.92 Å². The Hall–Kier alpha value is -0.450. The lowest BCUT2D eigenvalue weighted by atomic mass is 9.78. The van der Waals surface area contributed by atoms with Gasteiger partial charge in [-0.15, -0.1) is 11.3 Å². The number of fused-ring (bicyclic) bond motifs is 3. The molecule has 4 heteroatoms. The highest BCUT2D eigenvalue weighted by molar-refractivity contribution is 7.12. The van der Waals surface area contributed by atoms with Gasteiger partial charge in [0.15, 0.2) is 0 Å². The average molecular weight is 291 g/mol. The zero-order chi connectivity index (χ0) is 13.7. The van der Waals surface area contributed by atoms with E-state index in [9.17, 15) is 0 Å². The van der Waals surface area contributed by atoms with Gasteiger partial charge in [0.2, 0.25) is 0 Å². The normalized spacial score (nSPS) is 35.8. The molecule has 2 bridgehead atoms. The summed E-state index contributed by atoms with van der Waals surface area (Å²) in [5, 5.41) is 5.35. The first-order chi connectivity index (χ1) is 9.67. The Labute approximate surface area is 125 Å². The fourth-order valence-corrected chi connectivity index (χ4v) is 5.82. The fraction of sp³-hybridized carbons (Fsp3) is 0.812. The van der Waals surface area contributed by atoms with Gasteiger partial charge in [0.25, 0.3) is 0 Å². The van der Waals surface area contributed by atoms with Crippen molar-refractivity contribution in [1.82, 2.24) is 15.2 Å². The van der Waals surface area contributed by atoms with Gasteiger partial charge in [-0.2, -0.15) is 0 Å². The number of aryl methyl sites for hydroxylation is 2. The number of aromatic nitrogens is 1. The predicted molar refractivity (Wildman–Crippen MR) is 83.3 cm³/mol. The summed E-state index contributed by atoms with van der Waals surface area (Å²) in [5.74, 6) is 0.755. The third kappa shape index (κ3) is 1.96. The molecule has 0 saturated carbocycles. The van der Waals surface area contributed by atoms with E-state index in [1.807, 2.05) is 11.3 Å². The molecule has 1 aromatic heterocycles. The highest BCUT2D eigenvalue weighted by atomic mass is 32.1. The van der Waals surface area contributed by atoms with Crippen molar-refractivity contribution in [3.8, 4) is 0 Å². The number of nitrogens with zero attached hydrogens (tertiary/aromatic N) is 2. The van der Waals surface area contributed by atoms with Gasteiger partial charge in [-0.25, -0.2) is 4.98 Å². The summed E-state index contributed by atoms with van der Waals surface area (Å²) in [7, 11) is 0. The molecule has 1 aliphatic carbocycles. The molecule has 3 heterocycles. The predicted octanol–water partition coefficient (Wildman–Crippen LogP) is 2.55. The van der Waals surface area contributed by atoms with Gasteiger partial charge in [-0.1, -0.05) is 0 Å². The van der Waals surface area contributed by atoms with Gasteiger partial charge in [-0.3, -0.25) is 0 Å². The number of hydrogen-bond donors (Lipinski definition) is 1. The third-order valence-electron chi connectivity index (χ3n) is 5.32. The van der Waals surface area contributed by atoms with E-state index in [1.54, 1.807) is 4.88 Å². The van der Waals surface area contributed by atoms with Crippen LogP contribution in [0.25, 0.3) is 0 Å². The van der Waals surface area contributed by atoms with Crippen molar-refractivity contribution in [1.29, 1.82) is 0 Å². The number of nitrogens with one attached hydrogen (secondary N) is 1. The van der Waals surface area contributed by atoms with Crippen LogP contribution >= 0.6 is 11.3 Å². The molecule has 2 fully saturated rings. The quantitative estimate of drug-likeness (QED) is 0.927. The maximum Gasteiger partial charge on any atom is 0.114 e. The van der Waals surface area contributed by atoms with Crippen LogP contribution in [-0.4, -0.2) is 35.6 Å². The summed E-state index contributed by atoms with van der Waals surface area (Å²) in [5.41, 5.74) is 1.58. The van der Waals surface area contributed by atoms with Crippen molar-refractivity contribution in [3.05, 3.63) is 15.6 Å². The smallest absolute Gasteiger partial charge is 0.114 e. The Morgan fingerprint density at radius 1 is 1.35 bits per heavy atom. The molecule has 0 spiro atoms. The maximum absolute atomic E-state index is 5.09. The van der Waals surface area contributed by atoms with Gasteiger partial charge < -0.3 is 10.2 Å². The van der Waals surface area contributed by atoms with E-state index < -0.39 is 0 Å². The summed E-state index contributed by atoms with van der Waals surface area (Å²) in [6.07, 6.45) is 6.37. The number of rotatable bonds is 3. The minimum absolute atomic E-state index is 0.163. The molecular formula is C16H25N3S. The summed E-state index contributed by atoms with van der Waals surface area (Å²) >= 11 is 2.01. The van der Waals surface area contributed by atoms with E-state index in [0.717, 1.165) is 5.92 Å². The Bertz CT molecular complexity index is 488. The highest BCUT2D eigenvalue weighted by Gasteiger charge is 2.49. The van der Waals surface area contributed by atoms with Crippen LogP contribution in [0.5, 0.6) is 0 Å². The molecule has 3 atom stereocenters. The van der Waals surface area contributed by atoms with E-state index in [2.05, 4.69) is 24.1 Å². The van der Waals surface area contributed by atoms with Crippen LogP contribution in [0.1, 0.15) is 48.7 Å². The lowest BCUT2D eigenvalue weighted by Crippen LogP contribution is -2.55. The lowest BCUT2D eigenvalue weighted by molar-refractivity contribution is 0.120. The molecule has 1 N–H and O–H groups in total. The van der Waals surface area contributed by atoms with Gasteiger partial charge in [0.05, 0.1) is 11.2 Å². The van der Waals surface area contributed by atoms with Gasteiger partial charge in [0, 0.05) is 24.0 Å². The van der Waals surface area contributed by atoms with E-state index >= 15 is 0 Å². The van der Waals surface area contributed by atoms with Crippen LogP contribution in [0.4, 0.5) is 0 Å².